The summed E-state index contributed by atoms with van der Waals surface area (Å²) in [7, 11) is 0. The standard InChI is InChI=1S/C26H25N3O/c1-3-20-16-10-11-19(2)24(20)28-18-23(17-27)26(30)29-25(21-12-6-4-7-13-21)22-14-8-5-9-15-22/h4-16,18,25,28H,3H2,1-2H3,(H,29,30)/b23-18-. The monoisotopic (exact) mass is 395 g/mol. The first-order chi connectivity index (χ1) is 14.6. The fourth-order valence-corrected chi connectivity index (χ4v) is 3.38. The Labute approximate surface area is 177 Å². The molecule has 4 nitrogen and oxygen atoms in total. The third-order valence-corrected chi connectivity index (χ3v) is 5.01. The summed E-state index contributed by atoms with van der Waals surface area (Å²) in [6.45, 7) is 4.08. The summed E-state index contributed by atoms with van der Waals surface area (Å²) in [6, 6.07) is 27.2. The summed E-state index contributed by atoms with van der Waals surface area (Å²) in [5.41, 5.74) is 5.06. The third kappa shape index (κ3) is 4.95. The van der Waals surface area contributed by atoms with Crippen molar-refractivity contribution in [1.29, 1.82) is 5.26 Å². The molecule has 3 aromatic carbocycles. The molecule has 0 aliphatic rings. The fourth-order valence-electron chi connectivity index (χ4n) is 3.38. The van der Waals surface area contributed by atoms with Crippen molar-refractivity contribution in [1.82, 2.24) is 5.32 Å². The van der Waals surface area contributed by atoms with Gasteiger partial charge in [0.05, 0.1) is 6.04 Å². The zero-order chi connectivity index (χ0) is 21.3. The number of carbonyl (C=O) groups is 1. The van der Waals surface area contributed by atoms with Gasteiger partial charge in [-0.05, 0) is 35.6 Å². The lowest BCUT2D eigenvalue weighted by Crippen LogP contribution is -2.30. The van der Waals surface area contributed by atoms with Crippen molar-refractivity contribution in [3.8, 4) is 6.07 Å². The van der Waals surface area contributed by atoms with Gasteiger partial charge in [0.25, 0.3) is 5.91 Å². The molecule has 0 radical (unpaired) electrons. The minimum absolute atomic E-state index is 0.0252. The van der Waals surface area contributed by atoms with Crippen molar-refractivity contribution in [2.75, 3.05) is 5.32 Å². The first-order valence-corrected chi connectivity index (χ1v) is 10.00. The second-order valence-corrected chi connectivity index (χ2v) is 7.00. The summed E-state index contributed by atoms with van der Waals surface area (Å²) in [5, 5.41) is 15.8. The topological polar surface area (TPSA) is 64.9 Å². The Morgan fingerprint density at radius 1 is 0.967 bits per heavy atom. The number of carbonyl (C=O) groups excluding carboxylic acids is 1. The van der Waals surface area contributed by atoms with Gasteiger partial charge in [0.2, 0.25) is 0 Å². The molecular weight excluding hydrogens is 370 g/mol. The largest absolute Gasteiger partial charge is 0.360 e. The highest BCUT2D eigenvalue weighted by atomic mass is 16.1. The molecule has 0 spiro atoms. The molecule has 0 fully saturated rings. The first kappa shape index (κ1) is 20.9. The van der Waals surface area contributed by atoms with E-state index in [0.717, 1.165) is 34.4 Å². The van der Waals surface area contributed by atoms with E-state index in [1.165, 1.54) is 6.20 Å². The number of hydrogen-bond acceptors (Lipinski definition) is 3. The second kappa shape index (κ2) is 10.1. The van der Waals surface area contributed by atoms with Gasteiger partial charge in [-0.1, -0.05) is 85.8 Å². The van der Waals surface area contributed by atoms with Crippen LogP contribution in [-0.4, -0.2) is 5.91 Å². The van der Waals surface area contributed by atoms with E-state index in [9.17, 15) is 10.1 Å². The number of para-hydroxylation sites is 1. The number of nitriles is 1. The molecule has 0 aliphatic heterocycles. The minimum Gasteiger partial charge on any atom is -0.360 e. The van der Waals surface area contributed by atoms with Gasteiger partial charge in [0, 0.05) is 11.9 Å². The average Bonchev–Trinajstić information content (AvgIpc) is 2.79. The summed E-state index contributed by atoms with van der Waals surface area (Å²) in [4.78, 5) is 13.0. The molecule has 3 rings (SSSR count). The van der Waals surface area contributed by atoms with Crippen LogP contribution < -0.4 is 10.6 Å². The van der Waals surface area contributed by atoms with Gasteiger partial charge in [-0.2, -0.15) is 5.26 Å². The number of anilines is 1. The molecular formula is C26H25N3O. The number of nitrogens with one attached hydrogen (secondary N) is 2. The van der Waals surface area contributed by atoms with Crippen molar-refractivity contribution in [2.45, 2.75) is 26.3 Å². The zero-order valence-electron chi connectivity index (χ0n) is 17.2. The molecule has 3 aromatic rings. The number of hydrogen-bond donors (Lipinski definition) is 2. The van der Waals surface area contributed by atoms with Crippen LogP contribution in [0.2, 0.25) is 0 Å². The van der Waals surface area contributed by atoms with Gasteiger partial charge in [-0.3, -0.25) is 4.79 Å². The predicted molar refractivity (Wildman–Crippen MR) is 121 cm³/mol. The zero-order valence-corrected chi connectivity index (χ0v) is 17.2. The van der Waals surface area contributed by atoms with Crippen LogP contribution in [0.1, 0.15) is 35.2 Å². The fraction of sp³-hybridized carbons (Fsp3) is 0.154. The van der Waals surface area contributed by atoms with Crippen molar-refractivity contribution >= 4 is 11.6 Å². The maximum absolute atomic E-state index is 13.0. The number of nitrogens with zero attached hydrogens (tertiary/aromatic N) is 1. The van der Waals surface area contributed by atoms with E-state index >= 15 is 0 Å². The number of amides is 1. The molecule has 0 unspecified atom stereocenters. The average molecular weight is 396 g/mol. The van der Waals surface area contributed by atoms with Crippen LogP contribution in [0.5, 0.6) is 0 Å². The summed E-state index contributed by atoms with van der Waals surface area (Å²) < 4.78 is 0. The molecule has 150 valence electrons. The van der Waals surface area contributed by atoms with E-state index in [-0.39, 0.29) is 11.6 Å². The van der Waals surface area contributed by atoms with E-state index in [1.54, 1.807) is 0 Å². The van der Waals surface area contributed by atoms with Crippen LogP contribution in [0, 0.1) is 18.3 Å². The van der Waals surface area contributed by atoms with Crippen LogP contribution >= 0.6 is 0 Å². The maximum atomic E-state index is 13.0. The summed E-state index contributed by atoms with van der Waals surface area (Å²) in [6.07, 6.45) is 2.35. The Hall–Kier alpha value is -3.84. The lowest BCUT2D eigenvalue weighted by atomic mass is 9.98. The summed E-state index contributed by atoms with van der Waals surface area (Å²) >= 11 is 0. The molecule has 4 heteroatoms. The lowest BCUT2D eigenvalue weighted by molar-refractivity contribution is -0.117. The van der Waals surface area contributed by atoms with E-state index in [2.05, 4.69) is 17.6 Å². The highest BCUT2D eigenvalue weighted by Gasteiger charge is 2.19. The van der Waals surface area contributed by atoms with Crippen LogP contribution in [0.15, 0.2) is 90.6 Å². The van der Waals surface area contributed by atoms with Gasteiger partial charge < -0.3 is 10.6 Å². The Bertz CT molecular complexity index is 1030. The van der Waals surface area contributed by atoms with E-state index < -0.39 is 5.91 Å². The highest BCUT2D eigenvalue weighted by molar-refractivity contribution is 5.98. The van der Waals surface area contributed by atoms with E-state index in [1.807, 2.05) is 91.9 Å². The molecule has 0 aromatic heterocycles. The molecule has 0 saturated carbocycles. The van der Waals surface area contributed by atoms with E-state index in [4.69, 9.17) is 0 Å². The third-order valence-electron chi connectivity index (χ3n) is 5.01. The molecule has 0 heterocycles. The molecule has 0 aliphatic carbocycles. The van der Waals surface area contributed by atoms with Crippen LogP contribution in [-0.2, 0) is 11.2 Å². The molecule has 0 bridgehead atoms. The Morgan fingerprint density at radius 2 is 1.57 bits per heavy atom. The Kier molecular flexibility index (Phi) is 7.02. The van der Waals surface area contributed by atoms with Crippen molar-refractivity contribution in [3.63, 3.8) is 0 Å². The SMILES string of the molecule is CCc1cccc(C)c1N/C=C(/C#N)C(=O)NC(c1ccccc1)c1ccccc1. The van der Waals surface area contributed by atoms with Gasteiger partial charge in [0.1, 0.15) is 11.6 Å². The molecule has 0 atom stereocenters. The molecule has 2 N–H and O–H groups in total. The van der Waals surface area contributed by atoms with Crippen LogP contribution in [0.25, 0.3) is 0 Å². The van der Waals surface area contributed by atoms with Crippen molar-refractivity contribution in [3.05, 3.63) is 113 Å². The summed E-state index contributed by atoms with van der Waals surface area (Å²) in [5.74, 6) is -0.422. The molecule has 0 saturated heterocycles. The van der Waals surface area contributed by atoms with Gasteiger partial charge in [-0.25, -0.2) is 0 Å². The lowest BCUT2D eigenvalue weighted by Gasteiger charge is -2.20. The number of aryl methyl sites for hydroxylation is 2. The maximum Gasteiger partial charge on any atom is 0.264 e. The van der Waals surface area contributed by atoms with E-state index in [0.29, 0.717) is 0 Å². The van der Waals surface area contributed by atoms with Gasteiger partial charge in [0.15, 0.2) is 0 Å². The van der Waals surface area contributed by atoms with Crippen molar-refractivity contribution in [2.24, 2.45) is 0 Å². The number of rotatable bonds is 7. The van der Waals surface area contributed by atoms with Gasteiger partial charge in [-0.15, -0.1) is 0 Å². The Morgan fingerprint density at radius 3 is 2.10 bits per heavy atom. The second-order valence-electron chi connectivity index (χ2n) is 7.00. The minimum atomic E-state index is -0.422. The Balaban J connectivity index is 1.86. The van der Waals surface area contributed by atoms with Crippen LogP contribution in [0.4, 0.5) is 5.69 Å². The molecule has 1 amide bonds. The molecule has 30 heavy (non-hydrogen) atoms. The van der Waals surface area contributed by atoms with Gasteiger partial charge >= 0.3 is 0 Å². The van der Waals surface area contributed by atoms with Crippen molar-refractivity contribution < 1.29 is 4.79 Å². The first-order valence-electron chi connectivity index (χ1n) is 10.00. The number of benzene rings is 3. The quantitative estimate of drug-likeness (QED) is 0.422. The smallest absolute Gasteiger partial charge is 0.264 e. The predicted octanol–water partition coefficient (Wildman–Crippen LogP) is 5.28. The van der Waals surface area contributed by atoms with Crippen LogP contribution in [0.3, 0.4) is 0 Å². The highest BCUT2D eigenvalue weighted by Crippen LogP contribution is 2.23. The normalized spacial score (nSPS) is 11.1.